The molecule has 0 fully saturated rings. The average Bonchev–Trinajstić information content (AvgIpc) is 2.61. The highest BCUT2D eigenvalue weighted by Gasteiger charge is 2.13. The van der Waals surface area contributed by atoms with E-state index in [9.17, 15) is 0 Å². The van der Waals surface area contributed by atoms with Gasteiger partial charge in [0.05, 0.1) is 22.0 Å². The Morgan fingerprint density at radius 2 is 2.15 bits per heavy atom. The van der Waals surface area contributed by atoms with Crippen molar-refractivity contribution in [3.8, 4) is 5.75 Å². The molecular weight excluding hydrogens is 317 g/mol. The molecule has 106 valence electrons. The predicted molar refractivity (Wildman–Crippen MR) is 84.6 cm³/mol. The monoisotopic (exact) mass is 329 g/mol. The normalized spacial score (nSPS) is 10.6. The summed E-state index contributed by atoms with van der Waals surface area (Å²) in [6.45, 7) is 2.10. The molecule has 1 heterocycles. The van der Waals surface area contributed by atoms with Crippen LogP contribution in [0.5, 0.6) is 5.75 Å². The van der Waals surface area contributed by atoms with Gasteiger partial charge < -0.3 is 10.5 Å². The summed E-state index contributed by atoms with van der Waals surface area (Å²) in [6.07, 6.45) is 0. The highest BCUT2D eigenvalue weighted by atomic mass is 35.5. The highest BCUT2D eigenvalue weighted by molar-refractivity contribution is 7.80. The highest BCUT2D eigenvalue weighted by Crippen LogP contribution is 2.26. The molecule has 20 heavy (non-hydrogen) atoms. The molecule has 0 unspecified atom stereocenters. The van der Waals surface area contributed by atoms with Gasteiger partial charge >= 0.3 is 0 Å². The van der Waals surface area contributed by atoms with E-state index in [1.807, 2.05) is 14.0 Å². The fourth-order valence-electron chi connectivity index (χ4n) is 1.80. The first kappa shape index (κ1) is 15.1. The maximum Gasteiger partial charge on any atom is 0.131 e. The lowest BCUT2D eigenvalue weighted by Crippen LogP contribution is -2.12. The average molecular weight is 330 g/mol. The van der Waals surface area contributed by atoms with Crippen molar-refractivity contribution in [3.05, 3.63) is 45.2 Å². The second-order valence-electron chi connectivity index (χ2n) is 4.26. The Labute approximate surface area is 132 Å². The molecule has 0 spiro atoms. The first-order valence-electron chi connectivity index (χ1n) is 5.80. The second kappa shape index (κ2) is 5.99. The van der Waals surface area contributed by atoms with Crippen molar-refractivity contribution in [1.82, 2.24) is 9.78 Å². The van der Waals surface area contributed by atoms with Crippen LogP contribution in [0, 0.1) is 6.92 Å². The molecule has 0 radical (unpaired) electrons. The van der Waals surface area contributed by atoms with Crippen LogP contribution in [-0.4, -0.2) is 14.8 Å². The van der Waals surface area contributed by atoms with Crippen LogP contribution in [0.15, 0.2) is 18.2 Å². The molecule has 0 saturated carbocycles. The second-order valence-corrected chi connectivity index (χ2v) is 5.52. The Hall–Kier alpha value is -1.30. The van der Waals surface area contributed by atoms with E-state index < -0.39 is 0 Å². The standard InChI is InChI=1S/C13H13Cl2N3OS/c1-7-12(15)10(18(2)17-7)6-19-11-5-8(14)3-4-9(11)13(16)20/h3-5H,6H2,1-2H3,(H2,16,20). The van der Waals surface area contributed by atoms with Gasteiger partial charge in [-0.3, -0.25) is 4.68 Å². The molecule has 7 heteroatoms. The number of halogens is 2. The number of thiocarbonyl (C=S) groups is 1. The van der Waals surface area contributed by atoms with Gasteiger partial charge in [-0.25, -0.2) is 0 Å². The van der Waals surface area contributed by atoms with Gasteiger partial charge in [0.25, 0.3) is 0 Å². The van der Waals surface area contributed by atoms with Crippen molar-refractivity contribution in [2.75, 3.05) is 0 Å². The van der Waals surface area contributed by atoms with E-state index >= 15 is 0 Å². The van der Waals surface area contributed by atoms with Gasteiger partial charge in [0.15, 0.2) is 0 Å². The van der Waals surface area contributed by atoms with Gasteiger partial charge in [-0.1, -0.05) is 35.4 Å². The number of aromatic nitrogens is 2. The lowest BCUT2D eigenvalue weighted by Gasteiger charge is -2.11. The summed E-state index contributed by atoms with van der Waals surface area (Å²) < 4.78 is 7.43. The third-order valence-corrected chi connectivity index (χ3v) is 3.78. The molecule has 0 atom stereocenters. The summed E-state index contributed by atoms with van der Waals surface area (Å²) in [7, 11) is 1.81. The lowest BCUT2D eigenvalue weighted by molar-refractivity contribution is 0.294. The predicted octanol–water partition coefficient (Wildman–Crippen LogP) is 3.25. The van der Waals surface area contributed by atoms with E-state index in [4.69, 9.17) is 45.9 Å². The van der Waals surface area contributed by atoms with Crippen LogP contribution in [-0.2, 0) is 13.7 Å². The Kier molecular flexibility index (Phi) is 4.52. The largest absolute Gasteiger partial charge is 0.486 e. The van der Waals surface area contributed by atoms with Crippen molar-refractivity contribution >= 4 is 40.4 Å². The maximum atomic E-state index is 6.17. The zero-order valence-corrected chi connectivity index (χ0v) is 13.3. The molecule has 2 N–H and O–H groups in total. The number of ether oxygens (including phenoxy) is 1. The number of benzene rings is 1. The third kappa shape index (κ3) is 3.06. The SMILES string of the molecule is Cc1nn(C)c(COc2cc(Cl)ccc2C(N)=S)c1Cl. The molecule has 2 aromatic rings. The molecule has 0 amide bonds. The van der Waals surface area contributed by atoms with E-state index in [0.29, 0.717) is 21.4 Å². The van der Waals surface area contributed by atoms with Crippen LogP contribution in [0.3, 0.4) is 0 Å². The van der Waals surface area contributed by atoms with Crippen LogP contribution in [0.25, 0.3) is 0 Å². The minimum Gasteiger partial charge on any atom is -0.486 e. The van der Waals surface area contributed by atoms with Crippen molar-refractivity contribution < 1.29 is 4.74 Å². The molecule has 2 rings (SSSR count). The van der Waals surface area contributed by atoms with Crippen molar-refractivity contribution in [2.45, 2.75) is 13.5 Å². The van der Waals surface area contributed by atoms with Gasteiger partial charge in [-0.2, -0.15) is 5.10 Å². The van der Waals surface area contributed by atoms with Crippen molar-refractivity contribution in [3.63, 3.8) is 0 Å². The lowest BCUT2D eigenvalue weighted by atomic mass is 10.2. The number of nitrogens with two attached hydrogens (primary N) is 1. The molecule has 0 aliphatic heterocycles. The van der Waals surface area contributed by atoms with Crippen LogP contribution < -0.4 is 10.5 Å². The minimum atomic E-state index is 0.254. The molecule has 0 bridgehead atoms. The Morgan fingerprint density at radius 3 is 2.70 bits per heavy atom. The number of hydrogen-bond acceptors (Lipinski definition) is 3. The molecule has 4 nitrogen and oxygen atoms in total. The number of hydrogen-bond donors (Lipinski definition) is 1. The third-order valence-electron chi connectivity index (χ3n) is 2.84. The van der Waals surface area contributed by atoms with Gasteiger partial charge in [0.2, 0.25) is 0 Å². The number of nitrogens with zero attached hydrogens (tertiary/aromatic N) is 2. The van der Waals surface area contributed by atoms with Gasteiger partial charge in [0, 0.05) is 12.1 Å². The zero-order chi connectivity index (χ0) is 14.9. The molecule has 0 aliphatic rings. The van der Waals surface area contributed by atoms with E-state index in [1.54, 1.807) is 22.9 Å². The summed E-state index contributed by atoms with van der Waals surface area (Å²) in [6, 6.07) is 5.12. The number of aryl methyl sites for hydroxylation is 2. The number of rotatable bonds is 4. The summed E-state index contributed by atoms with van der Waals surface area (Å²) in [5, 5.41) is 5.36. The topological polar surface area (TPSA) is 53.1 Å². The van der Waals surface area contributed by atoms with Crippen LogP contribution in [0.1, 0.15) is 17.0 Å². The Morgan fingerprint density at radius 1 is 1.45 bits per heavy atom. The Balaban J connectivity index is 2.27. The fourth-order valence-corrected chi connectivity index (χ4v) is 2.35. The molecule has 0 saturated heterocycles. The quantitative estimate of drug-likeness (QED) is 0.875. The molecule has 1 aromatic carbocycles. The van der Waals surface area contributed by atoms with E-state index in [0.717, 1.165) is 11.4 Å². The van der Waals surface area contributed by atoms with Crippen LogP contribution >= 0.6 is 35.4 Å². The van der Waals surface area contributed by atoms with Crippen molar-refractivity contribution in [2.24, 2.45) is 12.8 Å². The fraction of sp³-hybridized carbons (Fsp3) is 0.231. The molecule has 1 aromatic heterocycles. The van der Waals surface area contributed by atoms with Crippen LogP contribution in [0.4, 0.5) is 0 Å². The minimum absolute atomic E-state index is 0.254. The van der Waals surface area contributed by atoms with Crippen molar-refractivity contribution in [1.29, 1.82) is 0 Å². The first-order valence-corrected chi connectivity index (χ1v) is 6.96. The first-order chi connectivity index (χ1) is 9.40. The molecule has 0 aliphatic carbocycles. The zero-order valence-electron chi connectivity index (χ0n) is 11.0. The van der Waals surface area contributed by atoms with E-state index in [-0.39, 0.29) is 11.6 Å². The summed E-state index contributed by atoms with van der Waals surface area (Å²) in [5.41, 5.74) is 7.83. The maximum absolute atomic E-state index is 6.17. The van der Waals surface area contributed by atoms with Gasteiger partial charge in [-0.15, -0.1) is 0 Å². The summed E-state index contributed by atoms with van der Waals surface area (Å²) in [5.74, 6) is 0.528. The van der Waals surface area contributed by atoms with E-state index in [1.165, 1.54) is 0 Å². The Bertz CT molecular complexity index is 670. The molecular formula is C13H13Cl2N3OS. The van der Waals surface area contributed by atoms with Crippen LogP contribution in [0.2, 0.25) is 10.0 Å². The van der Waals surface area contributed by atoms with E-state index in [2.05, 4.69) is 5.10 Å². The van der Waals surface area contributed by atoms with Gasteiger partial charge in [0.1, 0.15) is 17.3 Å². The smallest absolute Gasteiger partial charge is 0.131 e. The van der Waals surface area contributed by atoms with Gasteiger partial charge in [-0.05, 0) is 25.1 Å². The summed E-state index contributed by atoms with van der Waals surface area (Å²) in [4.78, 5) is 0.254. The summed E-state index contributed by atoms with van der Waals surface area (Å²) >= 11 is 17.1.